The van der Waals surface area contributed by atoms with E-state index in [1.54, 1.807) is 11.1 Å². The van der Waals surface area contributed by atoms with Crippen LogP contribution in [0.3, 0.4) is 0 Å². The molecule has 0 atom stereocenters. The number of likely N-dealkylation sites (tertiary alicyclic amines) is 1. The Hall–Kier alpha value is -1.96. The van der Waals surface area contributed by atoms with E-state index >= 15 is 0 Å². The van der Waals surface area contributed by atoms with Crippen molar-refractivity contribution in [2.45, 2.75) is 44.6 Å². The maximum Gasteiger partial charge on any atom is 0.327 e. The number of pyridine rings is 1. The quantitative estimate of drug-likeness (QED) is 0.749. The number of amides is 2. The lowest BCUT2D eigenvalue weighted by Crippen LogP contribution is -2.36. The summed E-state index contributed by atoms with van der Waals surface area (Å²) in [5.74, 6) is 0.718. The van der Waals surface area contributed by atoms with E-state index in [2.05, 4.69) is 15.2 Å². The number of nitrogens with two attached hydrogens (primary N) is 1. The van der Waals surface area contributed by atoms with Crippen molar-refractivity contribution >= 4 is 11.8 Å². The molecule has 148 valence electrons. The molecule has 0 aromatic carbocycles. The van der Waals surface area contributed by atoms with Crippen LogP contribution in [0.15, 0.2) is 35.7 Å². The van der Waals surface area contributed by atoms with Crippen molar-refractivity contribution in [3.05, 3.63) is 35.7 Å². The van der Waals surface area contributed by atoms with E-state index in [4.69, 9.17) is 5.73 Å². The maximum absolute atomic E-state index is 11.8. The summed E-state index contributed by atoms with van der Waals surface area (Å²) in [6, 6.07) is 5.54. The van der Waals surface area contributed by atoms with Crippen LogP contribution in [0.4, 0.5) is 10.6 Å². The molecular formula is C20H31N5O2. The van der Waals surface area contributed by atoms with Crippen LogP contribution in [0.25, 0.3) is 0 Å². The van der Waals surface area contributed by atoms with Crippen molar-refractivity contribution in [3.8, 4) is 0 Å². The zero-order chi connectivity index (χ0) is 19.1. The van der Waals surface area contributed by atoms with Gasteiger partial charge in [0.25, 0.3) is 0 Å². The highest BCUT2D eigenvalue weighted by Crippen LogP contribution is 2.30. The first-order chi connectivity index (χ1) is 13.2. The van der Waals surface area contributed by atoms with Crippen molar-refractivity contribution in [2.24, 2.45) is 5.73 Å². The fraction of sp³-hybridized carbons (Fsp3) is 0.600. The molecule has 27 heavy (non-hydrogen) atoms. The summed E-state index contributed by atoms with van der Waals surface area (Å²) in [5, 5.41) is 12.1. The molecule has 1 aromatic heterocycles. The average Bonchev–Trinajstić information content (AvgIpc) is 3.02. The van der Waals surface area contributed by atoms with Gasteiger partial charge < -0.3 is 21.1 Å². The summed E-state index contributed by atoms with van der Waals surface area (Å²) >= 11 is 0. The van der Waals surface area contributed by atoms with Gasteiger partial charge >= 0.3 is 6.03 Å². The molecule has 2 aliphatic heterocycles. The molecule has 4 rings (SSSR count). The molecule has 1 aliphatic carbocycles. The van der Waals surface area contributed by atoms with Crippen molar-refractivity contribution in [1.82, 2.24) is 15.2 Å². The van der Waals surface area contributed by atoms with Gasteiger partial charge in [0.2, 0.25) is 0 Å². The molecule has 7 heteroatoms. The van der Waals surface area contributed by atoms with E-state index in [-0.39, 0.29) is 12.1 Å². The molecule has 1 aromatic rings. The molecule has 0 radical (unpaired) electrons. The molecular weight excluding hydrogens is 342 g/mol. The number of hydrogen-bond acceptors (Lipinski definition) is 5. The SMILES string of the molecule is NCCCN1CCC(O)CC1.O=C1NC(=C2CCC2)CN1c1ccccn1. The number of piperidine rings is 1. The van der Waals surface area contributed by atoms with Gasteiger partial charge in [0.05, 0.1) is 12.6 Å². The highest BCUT2D eigenvalue weighted by molar-refractivity contribution is 5.95. The first kappa shape index (κ1) is 19.8. The third-order valence-corrected chi connectivity index (χ3v) is 5.36. The minimum Gasteiger partial charge on any atom is -0.393 e. The van der Waals surface area contributed by atoms with E-state index in [0.717, 1.165) is 69.8 Å². The molecule has 3 heterocycles. The van der Waals surface area contributed by atoms with Crippen molar-refractivity contribution < 1.29 is 9.90 Å². The van der Waals surface area contributed by atoms with Crippen LogP contribution in [-0.4, -0.2) is 59.8 Å². The number of aliphatic hydroxyl groups excluding tert-OH is 1. The summed E-state index contributed by atoms with van der Waals surface area (Å²) < 4.78 is 0. The zero-order valence-corrected chi connectivity index (χ0v) is 15.9. The lowest BCUT2D eigenvalue weighted by molar-refractivity contribution is 0.0824. The summed E-state index contributed by atoms with van der Waals surface area (Å²) in [6.45, 7) is 4.61. The van der Waals surface area contributed by atoms with Gasteiger partial charge in [0, 0.05) is 25.0 Å². The van der Waals surface area contributed by atoms with Gasteiger partial charge in [0.15, 0.2) is 0 Å². The van der Waals surface area contributed by atoms with E-state index in [1.807, 2.05) is 18.2 Å². The largest absolute Gasteiger partial charge is 0.393 e. The van der Waals surface area contributed by atoms with Gasteiger partial charge in [-0.15, -0.1) is 0 Å². The monoisotopic (exact) mass is 373 g/mol. The Labute approximate surface area is 161 Å². The number of allylic oxidation sites excluding steroid dienone is 1. The predicted octanol–water partition coefficient (Wildman–Crippen LogP) is 1.84. The van der Waals surface area contributed by atoms with Crippen LogP contribution in [0.1, 0.15) is 38.5 Å². The molecule has 3 aliphatic rings. The molecule has 7 nitrogen and oxygen atoms in total. The lowest BCUT2D eigenvalue weighted by Gasteiger charge is -2.29. The van der Waals surface area contributed by atoms with Gasteiger partial charge in [-0.05, 0) is 69.3 Å². The van der Waals surface area contributed by atoms with Gasteiger partial charge in [-0.25, -0.2) is 9.78 Å². The second kappa shape index (κ2) is 9.82. The highest BCUT2D eigenvalue weighted by atomic mass is 16.3. The zero-order valence-electron chi connectivity index (χ0n) is 15.9. The Morgan fingerprint density at radius 1 is 1.26 bits per heavy atom. The average molecular weight is 374 g/mol. The van der Waals surface area contributed by atoms with Gasteiger partial charge in [0.1, 0.15) is 5.82 Å². The number of urea groups is 1. The van der Waals surface area contributed by atoms with Crippen LogP contribution >= 0.6 is 0 Å². The number of rotatable bonds is 4. The molecule has 2 amide bonds. The van der Waals surface area contributed by atoms with Crippen molar-refractivity contribution in [3.63, 3.8) is 0 Å². The topological polar surface area (TPSA) is 94.7 Å². The number of hydrogen-bond donors (Lipinski definition) is 3. The second-order valence-corrected chi connectivity index (χ2v) is 7.35. The summed E-state index contributed by atoms with van der Waals surface area (Å²) in [5.41, 5.74) is 7.88. The maximum atomic E-state index is 11.8. The summed E-state index contributed by atoms with van der Waals surface area (Å²) in [6.07, 6.45) is 8.11. The van der Waals surface area contributed by atoms with Gasteiger partial charge in [-0.3, -0.25) is 4.90 Å². The Morgan fingerprint density at radius 2 is 2.04 bits per heavy atom. The van der Waals surface area contributed by atoms with E-state index in [1.165, 1.54) is 12.0 Å². The Morgan fingerprint density at radius 3 is 2.63 bits per heavy atom. The Kier molecular flexibility index (Phi) is 7.20. The number of aromatic nitrogens is 1. The minimum absolute atomic E-state index is 0.0517. The smallest absolute Gasteiger partial charge is 0.327 e. The number of nitrogens with zero attached hydrogens (tertiary/aromatic N) is 3. The van der Waals surface area contributed by atoms with Crippen molar-refractivity contribution in [1.29, 1.82) is 0 Å². The molecule has 1 saturated carbocycles. The summed E-state index contributed by atoms with van der Waals surface area (Å²) in [4.78, 5) is 20.0. The van der Waals surface area contributed by atoms with Gasteiger partial charge in [-0.2, -0.15) is 0 Å². The first-order valence-electron chi connectivity index (χ1n) is 9.98. The first-order valence-corrected chi connectivity index (χ1v) is 9.98. The third-order valence-electron chi connectivity index (χ3n) is 5.36. The number of anilines is 1. The highest BCUT2D eigenvalue weighted by Gasteiger charge is 2.29. The fourth-order valence-corrected chi connectivity index (χ4v) is 3.48. The number of carbonyl (C=O) groups excluding carboxylic acids is 1. The number of aliphatic hydroxyl groups is 1. The fourth-order valence-electron chi connectivity index (χ4n) is 3.48. The third kappa shape index (κ3) is 5.51. The van der Waals surface area contributed by atoms with Gasteiger partial charge in [-0.1, -0.05) is 6.07 Å². The predicted molar refractivity (Wildman–Crippen MR) is 106 cm³/mol. The number of nitrogens with one attached hydrogen (secondary N) is 1. The molecule has 0 spiro atoms. The Bertz CT molecular complexity index is 632. The van der Waals surface area contributed by atoms with Crippen molar-refractivity contribution in [2.75, 3.05) is 37.6 Å². The molecule has 4 N–H and O–H groups in total. The number of carbonyl (C=O) groups is 1. The van der Waals surface area contributed by atoms with Crippen LogP contribution in [0.5, 0.6) is 0 Å². The molecule has 3 fully saturated rings. The molecule has 0 bridgehead atoms. The Balaban J connectivity index is 0.000000168. The van der Waals surface area contributed by atoms with Crippen LogP contribution in [0, 0.1) is 0 Å². The van der Waals surface area contributed by atoms with E-state index in [9.17, 15) is 9.90 Å². The van der Waals surface area contributed by atoms with E-state index in [0.29, 0.717) is 6.54 Å². The molecule has 2 saturated heterocycles. The van der Waals surface area contributed by atoms with E-state index < -0.39 is 0 Å². The molecule has 0 unspecified atom stereocenters. The second-order valence-electron chi connectivity index (χ2n) is 7.35. The normalized spacial score (nSPS) is 20.8. The lowest BCUT2D eigenvalue weighted by atomic mass is 9.90. The van der Waals surface area contributed by atoms with Crippen LogP contribution in [0.2, 0.25) is 0 Å². The summed E-state index contributed by atoms with van der Waals surface area (Å²) in [7, 11) is 0. The standard InChI is InChI=1S/C12H13N3O.C8H18N2O/c16-12-14-10(9-4-3-5-9)8-15(12)11-6-1-2-7-13-11;9-4-1-5-10-6-2-8(11)3-7-10/h1-2,6-7H,3-5,8H2,(H,14,16);8,11H,1-7,9H2. The minimum atomic E-state index is -0.0619. The van der Waals surface area contributed by atoms with Crippen LogP contribution in [-0.2, 0) is 0 Å². The van der Waals surface area contributed by atoms with Crippen LogP contribution < -0.4 is 16.0 Å².